The van der Waals surface area contributed by atoms with Crippen LogP contribution >= 0.6 is 23.2 Å². The molecule has 0 aliphatic rings. The van der Waals surface area contributed by atoms with Crippen molar-refractivity contribution >= 4 is 28.9 Å². The number of benzene rings is 1. The van der Waals surface area contributed by atoms with Crippen LogP contribution in [0.2, 0.25) is 10.0 Å². The first-order valence-corrected chi connectivity index (χ1v) is 8.13. The number of hydrogen-bond acceptors (Lipinski definition) is 4. The van der Waals surface area contributed by atoms with Crippen molar-refractivity contribution in [3.63, 3.8) is 0 Å². The number of H-pyrrole nitrogens is 1. The van der Waals surface area contributed by atoms with E-state index in [-0.39, 0.29) is 6.61 Å². The maximum atomic E-state index is 6.49. The van der Waals surface area contributed by atoms with Crippen LogP contribution in [0.4, 0.5) is 5.69 Å². The van der Waals surface area contributed by atoms with Crippen LogP contribution in [-0.2, 0) is 13.2 Å². The number of pyridine rings is 1. The molecule has 0 amide bonds. The Balaban J connectivity index is 1.72. The minimum atomic E-state index is 0.254. The summed E-state index contributed by atoms with van der Waals surface area (Å²) in [7, 11) is 0. The van der Waals surface area contributed by atoms with Gasteiger partial charge in [-0.3, -0.25) is 4.98 Å². The largest absolute Gasteiger partial charge is 0.473 e. The minimum absolute atomic E-state index is 0.254. The Morgan fingerprint density at radius 1 is 1.17 bits per heavy atom. The highest BCUT2D eigenvalue weighted by molar-refractivity contribution is 6.37. The van der Waals surface area contributed by atoms with Gasteiger partial charge in [-0.2, -0.15) is 0 Å². The maximum absolute atomic E-state index is 6.49. The van der Waals surface area contributed by atoms with Crippen LogP contribution in [0.5, 0.6) is 5.88 Å². The van der Waals surface area contributed by atoms with Gasteiger partial charge in [0.05, 0.1) is 16.9 Å². The van der Waals surface area contributed by atoms with Gasteiger partial charge in [-0.15, -0.1) is 0 Å². The number of nitrogens with zero attached hydrogens (tertiary/aromatic N) is 2. The molecule has 3 rings (SSSR count). The fourth-order valence-electron chi connectivity index (χ4n) is 2.19. The smallest absolute Gasteiger partial charge is 0.211 e. The van der Waals surface area contributed by atoms with E-state index in [1.807, 2.05) is 25.1 Å². The zero-order valence-electron chi connectivity index (χ0n) is 13.0. The molecule has 0 unspecified atom stereocenters. The summed E-state index contributed by atoms with van der Waals surface area (Å²) in [5.41, 5.74) is 2.64. The fourth-order valence-corrected chi connectivity index (χ4v) is 2.73. The van der Waals surface area contributed by atoms with Gasteiger partial charge in [-0.25, -0.2) is 4.98 Å². The van der Waals surface area contributed by atoms with Gasteiger partial charge in [0.1, 0.15) is 12.4 Å². The molecule has 0 saturated carbocycles. The Morgan fingerprint density at radius 2 is 1.96 bits per heavy atom. The van der Waals surface area contributed by atoms with Gasteiger partial charge in [0.2, 0.25) is 5.88 Å². The van der Waals surface area contributed by atoms with E-state index in [4.69, 9.17) is 27.9 Å². The number of halogens is 2. The second kappa shape index (κ2) is 7.55. The molecule has 0 bridgehead atoms. The number of aromatic nitrogens is 3. The standard InChI is InChI=1S/C17H16Cl2N4O/c1-11-21-9-16(23-11)24-10-13-14(18)2-3-15(17(13)19)22-8-12-4-6-20-7-5-12/h2-7,9,22H,8,10H2,1H3,(H,21,23). The van der Waals surface area contributed by atoms with Crippen LogP contribution in [0.1, 0.15) is 17.0 Å². The third-order valence-corrected chi connectivity index (χ3v) is 4.26. The molecule has 0 aliphatic carbocycles. The van der Waals surface area contributed by atoms with Crippen molar-refractivity contribution in [2.24, 2.45) is 0 Å². The van der Waals surface area contributed by atoms with Gasteiger partial charge in [-0.05, 0) is 36.8 Å². The van der Waals surface area contributed by atoms with E-state index in [1.165, 1.54) is 0 Å². The lowest BCUT2D eigenvalue weighted by atomic mass is 10.2. The Morgan fingerprint density at radius 3 is 2.67 bits per heavy atom. The number of rotatable bonds is 6. The molecule has 0 atom stereocenters. The summed E-state index contributed by atoms with van der Waals surface area (Å²) in [6, 6.07) is 7.55. The lowest BCUT2D eigenvalue weighted by molar-refractivity contribution is 0.295. The molecule has 2 N–H and O–H groups in total. The number of hydrogen-bond donors (Lipinski definition) is 2. The quantitative estimate of drug-likeness (QED) is 0.671. The average molecular weight is 363 g/mol. The predicted octanol–water partition coefficient (Wildman–Crippen LogP) is 4.61. The van der Waals surface area contributed by atoms with Gasteiger partial charge in [0.15, 0.2) is 0 Å². The van der Waals surface area contributed by atoms with Crippen LogP contribution in [0.25, 0.3) is 0 Å². The molecular formula is C17H16Cl2N4O. The van der Waals surface area contributed by atoms with Crippen molar-refractivity contribution in [2.75, 3.05) is 5.32 Å². The van der Waals surface area contributed by atoms with Crippen molar-refractivity contribution in [3.05, 3.63) is 69.9 Å². The van der Waals surface area contributed by atoms with Crippen molar-refractivity contribution < 1.29 is 4.74 Å². The van der Waals surface area contributed by atoms with E-state index >= 15 is 0 Å². The molecule has 2 heterocycles. The van der Waals surface area contributed by atoms with E-state index in [2.05, 4.69) is 20.3 Å². The highest BCUT2D eigenvalue weighted by Gasteiger charge is 2.12. The SMILES string of the molecule is Cc1ncc(OCc2c(Cl)ccc(NCc3ccncc3)c2Cl)[nH]1. The van der Waals surface area contributed by atoms with E-state index in [0.29, 0.717) is 22.5 Å². The Labute approximate surface area is 150 Å². The molecule has 5 nitrogen and oxygen atoms in total. The number of aromatic amines is 1. The van der Waals surface area contributed by atoms with Crippen LogP contribution in [0.3, 0.4) is 0 Å². The number of imidazole rings is 1. The van der Waals surface area contributed by atoms with Crippen molar-refractivity contribution in [1.82, 2.24) is 15.0 Å². The molecule has 0 aliphatic heterocycles. The van der Waals surface area contributed by atoms with Crippen molar-refractivity contribution in [2.45, 2.75) is 20.1 Å². The molecule has 2 aromatic heterocycles. The lowest BCUT2D eigenvalue weighted by Gasteiger charge is -2.14. The molecule has 7 heteroatoms. The number of ether oxygens (including phenoxy) is 1. The second-order valence-corrected chi connectivity index (χ2v) is 6.00. The molecule has 24 heavy (non-hydrogen) atoms. The van der Waals surface area contributed by atoms with E-state index in [0.717, 1.165) is 22.6 Å². The third kappa shape index (κ3) is 3.99. The third-order valence-electron chi connectivity index (χ3n) is 3.47. The van der Waals surface area contributed by atoms with E-state index in [9.17, 15) is 0 Å². The summed E-state index contributed by atoms with van der Waals surface area (Å²) in [6.45, 7) is 2.75. The molecular weight excluding hydrogens is 347 g/mol. The highest BCUT2D eigenvalue weighted by atomic mass is 35.5. The Hall–Kier alpha value is -2.24. The van der Waals surface area contributed by atoms with Crippen molar-refractivity contribution in [3.8, 4) is 5.88 Å². The fraction of sp³-hybridized carbons (Fsp3) is 0.176. The predicted molar refractivity (Wildman–Crippen MR) is 95.7 cm³/mol. The van der Waals surface area contributed by atoms with Gasteiger partial charge in [-0.1, -0.05) is 23.2 Å². The second-order valence-electron chi connectivity index (χ2n) is 5.22. The maximum Gasteiger partial charge on any atom is 0.211 e. The number of nitrogens with one attached hydrogen (secondary N) is 2. The first kappa shape index (κ1) is 16.6. The topological polar surface area (TPSA) is 62.8 Å². The van der Waals surface area contributed by atoms with E-state index in [1.54, 1.807) is 24.7 Å². The van der Waals surface area contributed by atoms with Gasteiger partial charge >= 0.3 is 0 Å². The molecule has 0 radical (unpaired) electrons. The van der Waals surface area contributed by atoms with Crippen LogP contribution in [0, 0.1) is 6.92 Å². The highest BCUT2D eigenvalue weighted by Crippen LogP contribution is 2.32. The summed E-state index contributed by atoms with van der Waals surface area (Å²) < 4.78 is 5.67. The number of aryl methyl sites for hydroxylation is 1. The number of anilines is 1. The zero-order valence-corrected chi connectivity index (χ0v) is 14.5. The normalized spacial score (nSPS) is 10.6. The molecule has 3 aromatic rings. The minimum Gasteiger partial charge on any atom is -0.473 e. The molecule has 0 fully saturated rings. The molecule has 1 aromatic carbocycles. The van der Waals surface area contributed by atoms with Gasteiger partial charge < -0.3 is 15.0 Å². The van der Waals surface area contributed by atoms with Crippen LogP contribution in [-0.4, -0.2) is 15.0 Å². The van der Waals surface area contributed by atoms with Crippen molar-refractivity contribution in [1.29, 1.82) is 0 Å². The first-order chi connectivity index (χ1) is 11.6. The van der Waals surface area contributed by atoms with Crippen LogP contribution in [0.15, 0.2) is 42.9 Å². The van der Waals surface area contributed by atoms with Crippen LogP contribution < -0.4 is 10.1 Å². The zero-order chi connectivity index (χ0) is 16.9. The molecule has 0 spiro atoms. The van der Waals surface area contributed by atoms with Gasteiger partial charge in [0, 0.05) is 29.5 Å². The van der Waals surface area contributed by atoms with E-state index < -0.39 is 0 Å². The lowest BCUT2D eigenvalue weighted by Crippen LogP contribution is -2.03. The first-order valence-electron chi connectivity index (χ1n) is 7.37. The summed E-state index contributed by atoms with van der Waals surface area (Å²) in [6.07, 6.45) is 5.14. The summed E-state index contributed by atoms with van der Waals surface area (Å²) in [4.78, 5) is 11.1. The Bertz CT molecular complexity index is 821. The molecule has 0 saturated heterocycles. The average Bonchev–Trinajstić information content (AvgIpc) is 3.00. The molecule has 124 valence electrons. The Kier molecular flexibility index (Phi) is 5.23. The summed E-state index contributed by atoms with van der Waals surface area (Å²) in [5.74, 6) is 1.37. The summed E-state index contributed by atoms with van der Waals surface area (Å²) >= 11 is 12.8. The summed E-state index contributed by atoms with van der Waals surface area (Å²) in [5, 5.41) is 4.41. The monoisotopic (exact) mass is 362 g/mol. The van der Waals surface area contributed by atoms with Gasteiger partial charge in [0.25, 0.3) is 0 Å².